The summed E-state index contributed by atoms with van der Waals surface area (Å²) in [5.41, 5.74) is 13.8. The Bertz CT molecular complexity index is 1890. The number of H-pyrrole nitrogens is 1. The van der Waals surface area contributed by atoms with E-state index in [1.807, 2.05) is 41.2 Å². The lowest BCUT2D eigenvalue weighted by Gasteiger charge is -2.39. The van der Waals surface area contributed by atoms with Crippen LogP contribution < -0.4 is 16.0 Å². The molecule has 3 atom stereocenters. The fraction of sp³-hybridized carbons (Fsp3) is 0.412. The van der Waals surface area contributed by atoms with Crippen molar-refractivity contribution in [1.29, 1.82) is 0 Å². The van der Waals surface area contributed by atoms with Crippen molar-refractivity contribution in [2.75, 3.05) is 36.8 Å². The zero-order chi connectivity index (χ0) is 30.8. The Hall–Kier alpha value is -4.84. The highest BCUT2D eigenvalue weighted by Gasteiger charge is 2.46. The number of aromatic nitrogens is 7. The molecule has 12 nitrogen and oxygen atoms in total. The van der Waals surface area contributed by atoms with Gasteiger partial charge in [0, 0.05) is 72.6 Å². The molecule has 5 aromatic rings. The van der Waals surface area contributed by atoms with Gasteiger partial charge in [0.2, 0.25) is 11.8 Å². The Balaban J connectivity index is 1.01. The Morgan fingerprint density at radius 2 is 1.65 bits per heavy atom. The van der Waals surface area contributed by atoms with Crippen LogP contribution in [0, 0.1) is 0 Å². The maximum Gasteiger partial charge on any atom is 0.292 e. The van der Waals surface area contributed by atoms with E-state index in [9.17, 15) is 4.79 Å². The van der Waals surface area contributed by atoms with Gasteiger partial charge in [0.25, 0.3) is 5.91 Å². The number of hydrogen-bond donors (Lipinski definition) is 3. The minimum absolute atomic E-state index is 0.0466. The summed E-state index contributed by atoms with van der Waals surface area (Å²) in [6.07, 6.45) is 9.69. The second-order valence-corrected chi connectivity index (χ2v) is 13.2. The first-order valence-electron chi connectivity index (χ1n) is 16.5. The second-order valence-electron chi connectivity index (χ2n) is 13.2. The molecule has 4 aromatic heterocycles. The molecule has 3 aliphatic heterocycles. The molecule has 0 spiro atoms. The Kier molecular flexibility index (Phi) is 6.51. The number of carbonyl (C=O) groups excluding carboxylic acids is 1. The summed E-state index contributed by atoms with van der Waals surface area (Å²) in [7, 11) is 0. The molecule has 1 aliphatic carbocycles. The van der Waals surface area contributed by atoms with Crippen molar-refractivity contribution in [1.82, 2.24) is 45.0 Å². The number of anilines is 2. The molecular weight excluding hydrogens is 578 g/mol. The van der Waals surface area contributed by atoms with Crippen LogP contribution in [0.2, 0.25) is 0 Å². The van der Waals surface area contributed by atoms with Gasteiger partial charge in [0.15, 0.2) is 5.65 Å². The van der Waals surface area contributed by atoms with E-state index in [1.54, 1.807) is 0 Å². The minimum Gasteiger partial charge on any atom is -0.383 e. The topological polar surface area (TPSA) is 146 Å². The van der Waals surface area contributed by atoms with Crippen LogP contribution in [0.15, 0.2) is 54.9 Å². The van der Waals surface area contributed by atoms with E-state index in [4.69, 9.17) is 20.8 Å². The van der Waals surface area contributed by atoms with Gasteiger partial charge in [-0.2, -0.15) is 9.61 Å². The van der Waals surface area contributed by atoms with Gasteiger partial charge in [0.1, 0.15) is 5.82 Å². The molecule has 4 fully saturated rings. The smallest absolute Gasteiger partial charge is 0.292 e. The van der Waals surface area contributed by atoms with Crippen LogP contribution in [-0.4, -0.2) is 83.8 Å². The third-order valence-electron chi connectivity index (χ3n) is 10.3. The first kappa shape index (κ1) is 27.5. The number of piperazine rings is 1. The number of rotatable bonds is 6. The van der Waals surface area contributed by atoms with Crippen LogP contribution in [0.3, 0.4) is 0 Å². The summed E-state index contributed by atoms with van der Waals surface area (Å²) in [4.78, 5) is 31.4. The van der Waals surface area contributed by atoms with Gasteiger partial charge < -0.3 is 25.8 Å². The number of carbonyl (C=O) groups is 1. The number of benzene rings is 1. The highest BCUT2D eigenvalue weighted by molar-refractivity contribution is 5.91. The van der Waals surface area contributed by atoms with Crippen LogP contribution in [0.4, 0.5) is 11.8 Å². The number of hydrogen-bond acceptors (Lipinski definition) is 9. The molecular formula is C34H37N11O. The fourth-order valence-electron chi connectivity index (χ4n) is 7.91. The van der Waals surface area contributed by atoms with E-state index in [0.717, 1.165) is 104 Å². The number of fused-ring (bicyclic) bond motifs is 3. The maximum absolute atomic E-state index is 13.8. The zero-order valence-corrected chi connectivity index (χ0v) is 25.6. The summed E-state index contributed by atoms with van der Waals surface area (Å²) < 4.78 is 1.81. The number of piperidine rings is 1. The molecule has 4 N–H and O–H groups in total. The minimum atomic E-state index is -0.0466. The van der Waals surface area contributed by atoms with Gasteiger partial charge in [-0.25, -0.2) is 4.98 Å². The Labute approximate surface area is 266 Å². The van der Waals surface area contributed by atoms with Gasteiger partial charge in [-0.3, -0.25) is 9.78 Å². The van der Waals surface area contributed by atoms with Crippen molar-refractivity contribution < 1.29 is 4.79 Å². The molecule has 9 rings (SSSR count). The third-order valence-corrected chi connectivity index (χ3v) is 10.3. The number of nitrogens with zero attached hydrogens (tertiary/aromatic N) is 8. The number of nitrogens with one attached hydrogen (secondary N) is 2. The zero-order valence-electron chi connectivity index (χ0n) is 25.6. The normalized spacial score (nSPS) is 22.9. The molecule has 1 amide bonds. The van der Waals surface area contributed by atoms with E-state index in [-0.39, 0.29) is 23.9 Å². The van der Waals surface area contributed by atoms with E-state index in [0.29, 0.717) is 23.5 Å². The predicted octanol–water partition coefficient (Wildman–Crippen LogP) is 4.00. The van der Waals surface area contributed by atoms with Crippen LogP contribution in [0.25, 0.3) is 28.0 Å². The lowest BCUT2D eigenvalue weighted by molar-refractivity contribution is 0.0557. The summed E-state index contributed by atoms with van der Waals surface area (Å²) in [5.74, 6) is 2.29. The van der Waals surface area contributed by atoms with E-state index in [2.05, 4.69) is 48.5 Å². The van der Waals surface area contributed by atoms with Crippen molar-refractivity contribution in [2.45, 2.75) is 62.4 Å². The number of nitrogens with two attached hydrogens (primary N) is 1. The first-order chi connectivity index (χ1) is 22.6. The van der Waals surface area contributed by atoms with Crippen molar-refractivity contribution in [3.05, 3.63) is 71.9 Å². The number of aromatic amines is 1. The summed E-state index contributed by atoms with van der Waals surface area (Å²) >= 11 is 0. The standard InChI is InChI=1S/C34H37N11O/c35-30-28(21-6-7-21)29(39-32-26(19-38-45(30)32)22-8-11-27(37-18-22)20-4-2-1-3-5-20)23-16-24-9-10-25(17-23)44(24)33(46)31-40-34(42-41-31)43-14-12-36-13-15-43/h1-5,8,11,18-19,21,23-25,36H,6-7,9-10,12-17,35H2,(H,40,41,42)/t23-,24+,25-. The summed E-state index contributed by atoms with van der Waals surface area (Å²) in [6.45, 7) is 3.48. The Morgan fingerprint density at radius 1 is 0.870 bits per heavy atom. The van der Waals surface area contributed by atoms with Gasteiger partial charge in [0.05, 0.1) is 17.6 Å². The average molecular weight is 616 g/mol. The van der Waals surface area contributed by atoms with E-state index < -0.39 is 0 Å². The van der Waals surface area contributed by atoms with Crippen LogP contribution in [-0.2, 0) is 0 Å². The molecule has 12 heteroatoms. The summed E-state index contributed by atoms with van der Waals surface area (Å²) in [6, 6.07) is 14.6. The Morgan fingerprint density at radius 3 is 2.37 bits per heavy atom. The van der Waals surface area contributed by atoms with Gasteiger partial charge >= 0.3 is 0 Å². The highest BCUT2D eigenvalue weighted by Crippen LogP contribution is 2.50. The van der Waals surface area contributed by atoms with Crippen LogP contribution in [0.5, 0.6) is 0 Å². The molecule has 3 saturated heterocycles. The lowest BCUT2D eigenvalue weighted by Crippen LogP contribution is -2.46. The molecule has 7 heterocycles. The SMILES string of the molecule is Nc1c(C2CC2)c([C@H]2C[C@H]3CC[C@@H](C2)N3C(=O)c2nnc(N3CCNCC3)[nH]2)nc2c(-c3ccc(-c4ccccc4)nc3)cnn12. The number of pyridine rings is 1. The van der Waals surface area contributed by atoms with Gasteiger partial charge in [-0.15, -0.1) is 10.2 Å². The summed E-state index contributed by atoms with van der Waals surface area (Å²) in [5, 5.41) is 16.7. The molecule has 0 radical (unpaired) electrons. The van der Waals surface area contributed by atoms with Gasteiger partial charge in [-0.05, 0) is 50.5 Å². The van der Waals surface area contributed by atoms with Crippen molar-refractivity contribution in [2.24, 2.45) is 0 Å². The largest absolute Gasteiger partial charge is 0.383 e. The lowest BCUT2D eigenvalue weighted by atomic mass is 9.85. The van der Waals surface area contributed by atoms with Crippen LogP contribution in [0.1, 0.15) is 72.2 Å². The molecule has 234 valence electrons. The monoisotopic (exact) mass is 615 g/mol. The predicted molar refractivity (Wildman–Crippen MR) is 174 cm³/mol. The highest BCUT2D eigenvalue weighted by atomic mass is 16.2. The fourth-order valence-corrected chi connectivity index (χ4v) is 7.91. The molecule has 0 unspecified atom stereocenters. The van der Waals surface area contributed by atoms with E-state index >= 15 is 0 Å². The van der Waals surface area contributed by atoms with Crippen molar-refractivity contribution in [3.63, 3.8) is 0 Å². The van der Waals surface area contributed by atoms with Crippen molar-refractivity contribution in [3.8, 4) is 22.4 Å². The van der Waals surface area contributed by atoms with Gasteiger partial charge in [-0.1, -0.05) is 36.4 Å². The molecule has 2 bridgehead atoms. The van der Waals surface area contributed by atoms with E-state index in [1.165, 1.54) is 0 Å². The molecule has 4 aliphatic rings. The third kappa shape index (κ3) is 4.61. The molecule has 46 heavy (non-hydrogen) atoms. The maximum atomic E-state index is 13.8. The van der Waals surface area contributed by atoms with Crippen LogP contribution >= 0.6 is 0 Å². The second kappa shape index (κ2) is 10.9. The van der Waals surface area contributed by atoms with Crippen molar-refractivity contribution >= 4 is 23.3 Å². The molecule has 1 aromatic carbocycles. The quantitative estimate of drug-likeness (QED) is 0.258. The average Bonchev–Trinajstić information content (AvgIpc) is 3.53. The molecule has 1 saturated carbocycles. The number of nitrogen functional groups attached to an aromatic ring is 1. The number of amides is 1. The first-order valence-corrected chi connectivity index (χ1v) is 16.5.